The Hall–Kier alpha value is -1.78. The summed E-state index contributed by atoms with van der Waals surface area (Å²) in [4.78, 5) is 15.9. The Kier molecular flexibility index (Phi) is 5.60. The van der Waals surface area contributed by atoms with Gasteiger partial charge in [0.25, 0.3) is 0 Å². The molecule has 0 unspecified atom stereocenters. The lowest BCUT2D eigenvalue weighted by molar-refractivity contribution is -0.122. The second-order valence-electron chi connectivity index (χ2n) is 5.27. The Labute approximate surface area is 114 Å². The summed E-state index contributed by atoms with van der Waals surface area (Å²) in [7, 11) is 0. The van der Waals surface area contributed by atoms with Gasteiger partial charge < -0.3 is 15.4 Å². The van der Waals surface area contributed by atoms with Gasteiger partial charge >= 0.3 is 0 Å². The minimum absolute atomic E-state index is 0.0287. The Bertz CT molecular complexity index is 413. The highest BCUT2D eigenvalue weighted by Gasteiger charge is 2.12. The van der Waals surface area contributed by atoms with Crippen molar-refractivity contribution in [2.24, 2.45) is 0 Å². The molecule has 0 aromatic carbocycles. The van der Waals surface area contributed by atoms with Gasteiger partial charge in [-0.05, 0) is 33.8 Å². The van der Waals surface area contributed by atoms with Crippen LogP contribution in [0, 0.1) is 0 Å². The molecule has 1 aromatic rings. The molecule has 0 saturated carbocycles. The van der Waals surface area contributed by atoms with Crippen LogP contribution in [0.25, 0.3) is 0 Å². The number of ether oxygens (including phenoxy) is 1. The summed E-state index contributed by atoms with van der Waals surface area (Å²) in [6, 6.07) is 5.53. The summed E-state index contributed by atoms with van der Waals surface area (Å²) >= 11 is 0. The Morgan fingerprint density at radius 3 is 2.74 bits per heavy atom. The molecule has 1 rings (SSSR count). The molecule has 0 radical (unpaired) electrons. The number of hydrogen-bond acceptors (Lipinski definition) is 4. The number of amides is 1. The van der Waals surface area contributed by atoms with Crippen LogP contribution in [-0.4, -0.2) is 29.6 Å². The van der Waals surface area contributed by atoms with Crippen LogP contribution in [0.1, 0.15) is 34.1 Å². The summed E-state index contributed by atoms with van der Waals surface area (Å²) in [5.74, 6) is 1.34. The molecule has 5 heteroatoms. The van der Waals surface area contributed by atoms with Crippen LogP contribution in [0.15, 0.2) is 18.2 Å². The van der Waals surface area contributed by atoms with Crippen LogP contribution in [0.5, 0.6) is 5.88 Å². The topological polar surface area (TPSA) is 63.2 Å². The summed E-state index contributed by atoms with van der Waals surface area (Å²) in [6.07, 6.45) is 0.414. The van der Waals surface area contributed by atoms with Gasteiger partial charge in [-0.2, -0.15) is 4.98 Å². The minimum Gasteiger partial charge on any atom is -0.478 e. The van der Waals surface area contributed by atoms with E-state index in [4.69, 9.17) is 4.74 Å². The second-order valence-corrected chi connectivity index (χ2v) is 5.27. The zero-order chi connectivity index (χ0) is 14.3. The summed E-state index contributed by atoms with van der Waals surface area (Å²) in [6.45, 7) is 8.94. The van der Waals surface area contributed by atoms with Crippen molar-refractivity contribution < 1.29 is 9.53 Å². The van der Waals surface area contributed by atoms with Gasteiger partial charge in [0.15, 0.2) is 0 Å². The Morgan fingerprint density at radius 2 is 2.11 bits per heavy atom. The predicted octanol–water partition coefficient (Wildman–Crippen LogP) is 2.20. The first kappa shape index (κ1) is 15.3. The number of rotatable bonds is 6. The zero-order valence-electron chi connectivity index (χ0n) is 12.1. The van der Waals surface area contributed by atoms with E-state index in [1.54, 1.807) is 6.07 Å². The fraction of sp³-hybridized carbons (Fsp3) is 0.571. The average Bonchev–Trinajstić information content (AvgIpc) is 2.27. The van der Waals surface area contributed by atoms with Gasteiger partial charge in [-0.3, -0.25) is 4.79 Å². The van der Waals surface area contributed by atoms with Crippen molar-refractivity contribution in [3.05, 3.63) is 18.2 Å². The number of pyridine rings is 1. The molecule has 0 bridgehead atoms. The zero-order valence-corrected chi connectivity index (χ0v) is 12.1. The van der Waals surface area contributed by atoms with E-state index in [0.717, 1.165) is 5.82 Å². The molecule has 1 heterocycles. The Balaban J connectivity index is 2.36. The van der Waals surface area contributed by atoms with Crippen LogP contribution >= 0.6 is 0 Å². The van der Waals surface area contributed by atoms with E-state index in [1.165, 1.54) is 0 Å². The van der Waals surface area contributed by atoms with Gasteiger partial charge in [0.05, 0.1) is 6.61 Å². The highest BCUT2D eigenvalue weighted by atomic mass is 16.5. The molecule has 1 amide bonds. The Morgan fingerprint density at radius 1 is 1.37 bits per heavy atom. The third-order valence-corrected chi connectivity index (χ3v) is 2.19. The van der Waals surface area contributed by atoms with E-state index < -0.39 is 0 Å². The molecule has 0 atom stereocenters. The van der Waals surface area contributed by atoms with Crippen molar-refractivity contribution >= 4 is 11.7 Å². The standard InChI is InChI=1S/C14H23N3O2/c1-5-19-13-8-6-7-11(16-13)15-10-9-12(18)17-14(2,3)4/h6-8H,5,9-10H2,1-4H3,(H,15,16)(H,17,18). The van der Waals surface area contributed by atoms with Crippen LogP contribution in [-0.2, 0) is 4.79 Å². The van der Waals surface area contributed by atoms with Crippen LogP contribution in [0.4, 0.5) is 5.82 Å². The quantitative estimate of drug-likeness (QED) is 0.827. The largest absolute Gasteiger partial charge is 0.478 e. The number of carbonyl (C=O) groups excluding carboxylic acids is 1. The number of carbonyl (C=O) groups is 1. The first-order chi connectivity index (χ1) is 8.90. The van der Waals surface area contributed by atoms with Gasteiger partial charge in [0.2, 0.25) is 11.8 Å². The molecule has 0 aliphatic carbocycles. The molecule has 1 aromatic heterocycles. The third-order valence-electron chi connectivity index (χ3n) is 2.19. The number of nitrogens with zero attached hydrogens (tertiary/aromatic N) is 1. The third kappa shape index (κ3) is 6.64. The fourth-order valence-electron chi connectivity index (χ4n) is 1.53. The van der Waals surface area contributed by atoms with E-state index in [1.807, 2.05) is 39.8 Å². The van der Waals surface area contributed by atoms with Crippen molar-refractivity contribution in [2.75, 3.05) is 18.5 Å². The highest BCUT2D eigenvalue weighted by Crippen LogP contribution is 2.11. The molecule has 19 heavy (non-hydrogen) atoms. The summed E-state index contributed by atoms with van der Waals surface area (Å²) < 4.78 is 5.31. The summed E-state index contributed by atoms with van der Waals surface area (Å²) in [5.41, 5.74) is -0.190. The molecule has 106 valence electrons. The maximum Gasteiger partial charge on any atom is 0.222 e. The summed E-state index contributed by atoms with van der Waals surface area (Å²) in [5, 5.41) is 6.02. The molecule has 2 N–H and O–H groups in total. The molecule has 0 fully saturated rings. The number of anilines is 1. The lowest BCUT2D eigenvalue weighted by Gasteiger charge is -2.20. The molecule has 0 aliphatic heterocycles. The molecule has 5 nitrogen and oxygen atoms in total. The van der Waals surface area contributed by atoms with Gasteiger partial charge in [-0.1, -0.05) is 6.07 Å². The smallest absolute Gasteiger partial charge is 0.222 e. The first-order valence-corrected chi connectivity index (χ1v) is 6.55. The second kappa shape index (κ2) is 6.97. The van der Waals surface area contributed by atoms with Crippen molar-refractivity contribution in [1.82, 2.24) is 10.3 Å². The number of aromatic nitrogens is 1. The van der Waals surface area contributed by atoms with E-state index in [0.29, 0.717) is 25.5 Å². The van der Waals surface area contributed by atoms with Crippen molar-refractivity contribution in [2.45, 2.75) is 39.7 Å². The van der Waals surface area contributed by atoms with E-state index in [2.05, 4.69) is 15.6 Å². The van der Waals surface area contributed by atoms with Crippen molar-refractivity contribution in [3.63, 3.8) is 0 Å². The predicted molar refractivity (Wildman–Crippen MR) is 76.4 cm³/mol. The molecular weight excluding hydrogens is 242 g/mol. The van der Waals surface area contributed by atoms with Crippen LogP contribution in [0.2, 0.25) is 0 Å². The first-order valence-electron chi connectivity index (χ1n) is 6.55. The van der Waals surface area contributed by atoms with Crippen molar-refractivity contribution in [3.8, 4) is 5.88 Å². The number of hydrogen-bond donors (Lipinski definition) is 2. The molecular formula is C14H23N3O2. The van der Waals surface area contributed by atoms with Crippen LogP contribution in [0.3, 0.4) is 0 Å². The number of nitrogens with one attached hydrogen (secondary N) is 2. The minimum atomic E-state index is -0.190. The van der Waals surface area contributed by atoms with Gasteiger partial charge in [-0.15, -0.1) is 0 Å². The molecule has 0 spiro atoms. The molecule has 0 aliphatic rings. The average molecular weight is 265 g/mol. The maximum atomic E-state index is 11.6. The van der Waals surface area contributed by atoms with Crippen molar-refractivity contribution in [1.29, 1.82) is 0 Å². The van der Waals surface area contributed by atoms with Gasteiger partial charge in [0.1, 0.15) is 5.82 Å². The monoisotopic (exact) mass is 265 g/mol. The van der Waals surface area contributed by atoms with Gasteiger partial charge in [0, 0.05) is 24.6 Å². The highest BCUT2D eigenvalue weighted by molar-refractivity contribution is 5.77. The van der Waals surface area contributed by atoms with Crippen LogP contribution < -0.4 is 15.4 Å². The van der Waals surface area contributed by atoms with E-state index in [9.17, 15) is 4.79 Å². The fourth-order valence-corrected chi connectivity index (χ4v) is 1.53. The lowest BCUT2D eigenvalue weighted by atomic mass is 10.1. The lowest BCUT2D eigenvalue weighted by Crippen LogP contribution is -2.41. The van der Waals surface area contributed by atoms with E-state index in [-0.39, 0.29) is 11.4 Å². The maximum absolute atomic E-state index is 11.6. The SMILES string of the molecule is CCOc1cccc(NCCC(=O)NC(C)(C)C)n1. The van der Waals surface area contributed by atoms with Gasteiger partial charge in [-0.25, -0.2) is 0 Å². The molecule has 0 saturated heterocycles. The van der Waals surface area contributed by atoms with E-state index >= 15 is 0 Å². The normalized spacial score (nSPS) is 10.9.